The zero-order valence-electron chi connectivity index (χ0n) is 13.1. The fraction of sp³-hybridized carbons (Fsp3) is 0.312. The number of benzene rings is 1. The van der Waals surface area contributed by atoms with Gasteiger partial charge >= 0.3 is 5.97 Å². The molecule has 0 aliphatic rings. The smallest absolute Gasteiger partial charge is 0.314 e. The Morgan fingerprint density at radius 1 is 1.30 bits per heavy atom. The second kappa shape index (κ2) is 7.04. The van der Waals surface area contributed by atoms with Gasteiger partial charge in [-0.25, -0.2) is 9.37 Å². The van der Waals surface area contributed by atoms with E-state index in [1.54, 1.807) is 13.8 Å². The number of ether oxygens (including phenoxy) is 1. The van der Waals surface area contributed by atoms with Crippen LogP contribution < -0.4 is 5.32 Å². The zero-order chi connectivity index (χ0) is 17.0. The summed E-state index contributed by atoms with van der Waals surface area (Å²) in [6.07, 6.45) is 0. The highest BCUT2D eigenvalue weighted by molar-refractivity contribution is 5.93. The Hall–Kier alpha value is -2.70. The molecule has 1 aromatic carbocycles. The zero-order valence-corrected chi connectivity index (χ0v) is 13.1. The number of oxazole rings is 1. The summed E-state index contributed by atoms with van der Waals surface area (Å²) < 4.78 is 23.0. The summed E-state index contributed by atoms with van der Waals surface area (Å²) in [4.78, 5) is 28.1. The molecule has 6 nitrogen and oxygen atoms in total. The van der Waals surface area contributed by atoms with E-state index in [9.17, 15) is 14.0 Å². The van der Waals surface area contributed by atoms with Crippen molar-refractivity contribution in [3.05, 3.63) is 53.0 Å². The number of esters is 1. The van der Waals surface area contributed by atoms with Crippen molar-refractivity contribution in [3.63, 3.8) is 0 Å². The first-order chi connectivity index (χ1) is 10.9. The lowest BCUT2D eigenvalue weighted by Gasteiger charge is -2.15. The van der Waals surface area contributed by atoms with E-state index in [1.165, 1.54) is 31.4 Å². The third-order valence-electron chi connectivity index (χ3n) is 3.33. The third kappa shape index (κ3) is 3.94. The Morgan fingerprint density at radius 2 is 1.96 bits per heavy atom. The van der Waals surface area contributed by atoms with Crippen molar-refractivity contribution in [1.29, 1.82) is 0 Å². The van der Waals surface area contributed by atoms with Gasteiger partial charge in [0.1, 0.15) is 5.82 Å². The number of halogens is 1. The number of aryl methyl sites for hydroxylation is 2. The molecular formula is C16H17FN2O4. The fourth-order valence-electron chi connectivity index (χ4n) is 2.19. The number of nitrogens with zero attached hydrogens (tertiary/aromatic N) is 1. The molecule has 7 heteroatoms. The summed E-state index contributed by atoms with van der Waals surface area (Å²) in [6.45, 7) is 3.29. The molecule has 1 atom stereocenters. The molecule has 0 aliphatic heterocycles. The maximum Gasteiger partial charge on any atom is 0.314 e. The van der Waals surface area contributed by atoms with Crippen LogP contribution in [0.5, 0.6) is 0 Å². The van der Waals surface area contributed by atoms with Crippen LogP contribution >= 0.6 is 0 Å². The van der Waals surface area contributed by atoms with Gasteiger partial charge in [-0.05, 0) is 24.6 Å². The molecule has 2 aromatic rings. The number of carbonyl (C=O) groups is 2. The monoisotopic (exact) mass is 320 g/mol. The number of carbonyl (C=O) groups excluding carboxylic acids is 2. The fourth-order valence-corrected chi connectivity index (χ4v) is 2.19. The third-order valence-corrected chi connectivity index (χ3v) is 3.33. The lowest BCUT2D eigenvalue weighted by atomic mass is 9.99. The van der Waals surface area contributed by atoms with Crippen molar-refractivity contribution in [2.24, 2.45) is 0 Å². The molecule has 0 fully saturated rings. The van der Waals surface area contributed by atoms with E-state index in [4.69, 9.17) is 9.15 Å². The average Bonchev–Trinajstić information content (AvgIpc) is 2.87. The molecule has 0 saturated heterocycles. The Bertz CT molecular complexity index is 709. The van der Waals surface area contributed by atoms with Crippen LogP contribution in [-0.2, 0) is 9.53 Å². The topological polar surface area (TPSA) is 81.4 Å². The van der Waals surface area contributed by atoms with Crippen LogP contribution in [0.25, 0.3) is 0 Å². The molecular weight excluding hydrogens is 303 g/mol. The maximum absolute atomic E-state index is 13.0. The second-order valence-electron chi connectivity index (χ2n) is 4.98. The van der Waals surface area contributed by atoms with Gasteiger partial charge in [0.15, 0.2) is 5.89 Å². The van der Waals surface area contributed by atoms with Gasteiger partial charge in [0, 0.05) is 13.5 Å². The molecule has 0 aliphatic carbocycles. The molecule has 122 valence electrons. The molecule has 1 amide bonds. The Kier molecular flexibility index (Phi) is 5.10. The number of hydrogen-bond acceptors (Lipinski definition) is 5. The van der Waals surface area contributed by atoms with Crippen molar-refractivity contribution in [1.82, 2.24) is 10.3 Å². The van der Waals surface area contributed by atoms with Crippen LogP contribution in [0.15, 0.2) is 28.7 Å². The van der Waals surface area contributed by atoms with E-state index in [1.807, 2.05) is 0 Å². The van der Waals surface area contributed by atoms with Crippen molar-refractivity contribution in [2.45, 2.75) is 19.8 Å². The van der Waals surface area contributed by atoms with E-state index in [-0.39, 0.29) is 12.3 Å². The van der Waals surface area contributed by atoms with Crippen LogP contribution in [0, 0.1) is 19.7 Å². The van der Waals surface area contributed by atoms with Gasteiger partial charge in [-0.2, -0.15) is 0 Å². The highest BCUT2D eigenvalue weighted by Gasteiger charge is 2.24. The number of rotatable bonds is 5. The van der Waals surface area contributed by atoms with Gasteiger partial charge in [-0.1, -0.05) is 12.1 Å². The van der Waals surface area contributed by atoms with Crippen LogP contribution in [0.1, 0.15) is 33.6 Å². The van der Waals surface area contributed by atoms with Gasteiger partial charge in [-0.15, -0.1) is 0 Å². The molecule has 1 aromatic heterocycles. The first-order valence-electron chi connectivity index (χ1n) is 6.98. The van der Waals surface area contributed by atoms with Gasteiger partial charge in [-0.3, -0.25) is 9.59 Å². The molecule has 0 saturated carbocycles. The lowest BCUT2D eigenvalue weighted by Crippen LogP contribution is -2.32. The van der Waals surface area contributed by atoms with Crippen LogP contribution in [0.4, 0.5) is 4.39 Å². The predicted octanol–water partition coefficient (Wildman–Crippen LogP) is 2.12. The average molecular weight is 320 g/mol. The molecule has 1 N–H and O–H groups in total. The molecule has 2 rings (SSSR count). The number of methoxy groups -OCH3 is 1. The van der Waals surface area contributed by atoms with Gasteiger partial charge in [0.2, 0.25) is 5.76 Å². The minimum absolute atomic E-state index is 0.00364. The summed E-state index contributed by atoms with van der Waals surface area (Å²) in [7, 11) is 1.25. The Morgan fingerprint density at radius 3 is 2.48 bits per heavy atom. The standard InChI is InChI=1S/C16H17FN2O4/c1-9-14(23-10(2)19-9)15(20)18-8-13(16(21)22-3)11-4-6-12(17)7-5-11/h4-7,13H,8H2,1-3H3,(H,18,20). The van der Waals surface area contributed by atoms with Gasteiger partial charge in [0.05, 0.1) is 18.7 Å². The van der Waals surface area contributed by atoms with E-state index < -0.39 is 23.6 Å². The summed E-state index contributed by atoms with van der Waals surface area (Å²) in [5, 5.41) is 2.61. The minimum atomic E-state index is -0.742. The Balaban J connectivity index is 2.12. The Labute approximate surface area is 132 Å². The minimum Gasteiger partial charge on any atom is -0.468 e. The first kappa shape index (κ1) is 16.7. The van der Waals surface area contributed by atoms with E-state index in [0.29, 0.717) is 17.1 Å². The summed E-state index contributed by atoms with van der Waals surface area (Å²) >= 11 is 0. The molecule has 0 spiro atoms. The molecule has 1 heterocycles. The lowest BCUT2D eigenvalue weighted by molar-refractivity contribution is -0.142. The maximum atomic E-state index is 13.0. The van der Waals surface area contributed by atoms with E-state index >= 15 is 0 Å². The van der Waals surface area contributed by atoms with Crippen molar-refractivity contribution >= 4 is 11.9 Å². The van der Waals surface area contributed by atoms with Gasteiger partial charge < -0.3 is 14.5 Å². The molecule has 23 heavy (non-hydrogen) atoms. The summed E-state index contributed by atoms with van der Waals surface area (Å²) in [5.74, 6) is -1.66. The number of hydrogen-bond donors (Lipinski definition) is 1. The van der Waals surface area contributed by atoms with E-state index in [2.05, 4.69) is 10.3 Å². The van der Waals surface area contributed by atoms with Crippen molar-refractivity contribution < 1.29 is 23.1 Å². The van der Waals surface area contributed by atoms with Crippen molar-refractivity contribution in [3.8, 4) is 0 Å². The number of nitrogens with one attached hydrogen (secondary N) is 1. The SMILES string of the molecule is COC(=O)C(CNC(=O)c1oc(C)nc1C)c1ccc(F)cc1. The van der Waals surface area contributed by atoms with Crippen molar-refractivity contribution in [2.75, 3.05) is 13.7 Å². The van der Waals surface area contributed by atoms with Crippen LogP contribution in [-0.4, -0.2) is 30.5 Å². The molecule has 1 unspecified atom stereocenters. The highest BCUT2D eigenvalue weighted by Crippen LogP contribution is 2.18. The molecule has 0 bridgehead atoms. The quantitative estimate of drug-likeness (QED) is 0.853. The first-order valence-corrected chi connectivity index (χ1v) is 6.98. The summed E-state index contributed by atoms with van der Waals surface area (Å²) in [5.41, 5.74) is 1.01. The van der Waals surface area contributed by atoms with Crippen LogP contribution in [0.2, 0.25) is 0 Å². The normalized spacial score (nSPS) is 11.8. The number of amides is 1. The van der Waals surface area contributed by atoms with E-state index in [0.717, 1.165) is 0 Å². The second-order valence-corrected chi connectivity index (χ2v) is 4.98. The predicted molar refractivity (Wildman–Crippen MR) is 79.5 cm³/mol. The summed E-state index contributed by atoms with van der Waals surface area (Å²) in [6, 6.07) is 5.45. The highest BCUT2D eigenvalue weighted by atomic mass is 19.1. The number of aromatic nitrogens is 1. The molecule has 0 radical (unpaired) electrons. The van der Waals surface area contributed by atoms with Crippen LogP contribution in [0.3, 0.4) is 0 Å². The van der Waals surface area contributed by atoms with Gasteiger partial charge in [0.25, 0.3) is 5.91 Å². The largest absolute Gasteiger partial charge is 0.468 e.